The van der Waals surface area contributed by atoms with Crippen molar-refractivity contribution >= 4 is 33.0 Å². The van der Waals surface area contributed by atoms with Crippen LogP contribution in [-0.2, 0) is 14.6 Å². The lowest BCUT2D eigenvalue weighted by Gasteiger charge is -2.16. The molecule has 0 aliphatic carbocycles. The Morgan fingerprint density at radius 2 is 1.50 bits per heavy atom. The molecule has 0 unspecified atom stereocenters. The molecule has 0 radical (unpaired) electrons. The maximum absolute atomic E-state index is 13.1. The highest BCUT2D eigenvalue weighted by atomic mass is 32.2. The Morgan fingerprint density at radius 1 is 0.806 bits per heavy atom. The van der Waals surface area contributed by atoms with Crippen LogP contribution >= 0.6 is 0 Å². The average Bonchev–Trinajstić information content (AvgIpc) is 3.12. The molecule has 0 atom stereocenters. The van der Waals surface area contributed by atoms with Crippen molar-refractivity contribution in [2.45, 2.75) is 25.7 Å². The van der Waals surface area contributed by atoms with Gasteiger partial charge in [0.1, 0.15) is 0 Å². The van der Waals surface area contributed by atoms with Crippen LogP contribution < -0.4 is 10.6 Å². The van der Waals surface area contributed by atoms with Gasteiger partial charge in [-0.3, -0.25) is 9.59 Å². The molecule has 0 fully saturated rings. The van der Waals surface area contributed by atoms with Crippen LogP contribution in [0.4, 0.5) is 11.4 Å². The van der Waals surface area contributed by atoms with Crippen molar-refractivity contribution in [3.8, 4) is 16.8 Å². The zero-order valence-electron chi connectivity index (χ0n) is 20.5. The number of hydrogen-bond acceptors (Lipinski definition) is 4. The molecule has 0 aliphatic heterocycles. The summed E-state index contributed by atoms with van der Waals surface area (Å²) >= 11 is 0. The summed E-state index contributed by atoms with van der Waals surface area (Å²) in [5.41, 5.74) is 6.17. The van der Waals surface area contributed by atoms with Gasteiger partial charge in [-0.05, 0) is 67.9 Å². The average molecular weight is 502 g/mol. The van der Waals surface area contributed by atoms with Crippen LogP contribution in [0.3, 0.4) is 0 Å². The van der Waals surface area contributed by atoms with Gasteiger partial charge in [0.05, 0.1) is 16.1 Å². The number of hydrogen-bond donors (Lipinski definition) is 2. The summed E-state index contributed by atoms with van der Waals surface area (Å²) in [7, 11) is -3.31. The van der Waals surface area contributed by atoms with Crippen LogP contribution in [0, 0.1) is 13.8 Å². The fraction of sp³-hybridized carbons (Fsp3) is 0.143. The zero-order chi connectivity index (χ0) is 26.0. The van der Waals surface area contributed by atoms with Crippen LogP contribution in [0.5, 0.6) is 0 Å². The fourth-order valence-electron chi connectivity index (χ4n) is 4.23. The summed E-state index contributed by atoms with van der Waals surface area (Å²) in [5.74, 6) is -0.425. The molecular formula is C28H27N3O4S. The van der Waals surface area contributed by atoms with Gasteiger partial charge in [-0.25, -0.2) is 8.42 Å². The number of aromatic nitrogens is 1. The lowest BCUT2D eigenvalue weighted by molar-refractivity contribution is -0.114. The van der Waals surface area contributed by atoms with E-state index in [1.165, 1.54) is 19.1 Å². The summed E-state index contributed by atoms with van der Waals surface area (Å²) in [6.45, 7) is 5.30. The highest BCUT2D eigenvalue weighted by molar-refractivity contribution is 7.90. The Kier molecular flexibility index (Phi) is 6.81. The van der Waals surface area contributed by atoms with Crippen LogP contribution in [0.15, 0.2) is 83.8 Å². The van der Waals surface area contributed by atoms with E-state index in [9.17, 15) is 18.0 Å². The van der Waals surface area contributed by atoms with Gasteiger partial charge in [0.25, 0.3) is 5.91 Å². The molecule has 7 nitrogen and oxygen atoms in total. The Morgan fingerprint density at radius 3 is 2.17 bits per heavy atom. The number of benzene rings is 3. The summed E-state index contributed by atoms with van der Waals surface area (Å²) in [4.78, 5) is 24.8. The molecule has 36 heavy (non-hydrogen) atoms. The maximum Gasteiger partial charge on any atom is 0.257 e. The lowest BCUT2D eigenvalue weighted by atomic mass is 10.0. The van der Waals surface area contributed by atoms with Gasteiger partial charge in [0.15, 0.2) is 9.84 Å². The predicted octanol–water partition coefficient (Wildman–Crippen LogP) is 5.38. The molecule has 0 spiro atoms. The number of para-hydroxylation sites is 1. The van der Waals surface area contributed by atoms with Crippen molar-refractivity contribution in [2.75, 3.05) is 16.9 Å². The minimum atomic E-state index is -3.31. The third-order valence-corrected chi connectivity index (χ3v) is 6.98. The quantitative estimate of drug-likeness (QED) is 0.371. The number of nitrogens with zero attached hydrogens (tertiary/aromatic N) is 1. The largest absolute Gasteiger partial charge is 0.326 e. The number of aryl methyl sites for hydroxylation is 1. The molecule has 4 rings (SSSR count). The molecule has 2 amide bonds. The van der Waals surface area contributed by atoms with E-state index in [2.05, 4.69) is 10.6 Å². The lowest BCUT2D eigenvalue weighted by Crippen LogP contribution is -2.13. The molecule has 0 saturated heterocycles. The summed E-state index contributed by atoms with van der Waals surface area (Å²) in [5, 5.41) is 5.67. The number of nitrogens with one attached hydrogen (secondary N) is 2. The number of sulfone groups is 1. The molecule has 0 saturated carbocycles. The minimum absolute atomic E-state index is 0.140. The van der Waals surface area contributed by atoms with Gasteiger partial charge < -0.3 is 15.2 Å². The molecule has 0 bridgehead atoms. The summed E-state index contributed by atoms with van der Waals surface area (Å²) in [6, 6.07) is 23.4. The SMILES string of the molecule is CC(=O)Nc1cccc(-c2ccccc2-n2c(C)cc(C(=O)Nc3ccc(S(C)(=O)=O)cc3)c2C)c1. The van der Waals surface area contributed by atoms with E-state index in [1.807, 2.05) is 73.0 Å². The van der Waals surface area contributed by atoms with Crippen molar-refractivity contribution in [3.63, 3.8) is 0 Å². The summed E-state index contributed by atoms with van der Waals surface area (Å²) < 4.78 is 25.4. The maximum atomic E-state index is 13.1. The van der Waals surface area contributed by atoms with Crippen molar-refractivity contribution in [1.82, 2.24) is 4.57 Å². The molecule has 3 aromatic carbocycles. The monoisotopic (exact) mass is 501 g/mol. The highest BCUT2D eigenvalue weighted by Crippen LogP contribution is 2.32. The third-order valence-electron chi connectivity index (χ3n) is 5.85. The van der Waals surface area contributed by atoms with Gasteiger partial charge in [0.2, 0.25) is 5.91 Å². The number of carbonyl (C=O) groups is 2. The van der Waals surface area contributed by atoms with E-state index < -0.39 is 9.84 Å². The van der Waals surface area contributed by atoms with Crippen LogP contribution in [0.25, 0.3) is 16.8 Å². The molecule has 184 valence electrons. The van der Waals surface area contributed by atoms with E-state index in [1.54, 1.807) is 12.1 Å². The Labute approximate surface area is 210 Å². The second-order valence-electron chi connectivity index (χ2n) is 8.65. The van der Waals surface area contributed by atoms with Crippen molar-refractivity contribution in [1.29, 1.82) is 0 Å². The molecule has 1 aromatic heterocycles. The van der Waals surface area contributed by atoms with Crippen molar-refractivity contribution in [3.05, 3.63) is 95.8 Å². The molecule has 0 aliphatic rings. The topological polar surface area (TPSA) is 97.3 Å². The number of rotatable bonds is 6. The second kappa shape index (κ2) is 9.83. The first-order valence-electron chi connectivity index (χ1n) is 11.3. The van der Waals surface area contributed by atoms with Crippen molar-refractivity contribution in [2.24, 2.45) is 0 Å². The number of amides is 2. The van der Waals surface area contributed by atoms with Gasteiger partial charge in [-0.15, -0.1) is 0 Å². The minimum Gasteiger partial charge on any atom is -0.326 e. The van der Waals surface area contributed by atoms with Crippen LogP contribution in [-0.4, -0.2) is 31.1 Å². The van der Waals surface area contributed by atoms with Gasteiger partial charge in [-0.2, -0.15) is 0 Å². The Bertz CT molecular complexity index is 1570. The normalized spacial score (nSPS) is 11.2. The predicted molar refractivity (Wildman–Crippen MR) is 142 cm³/mol. The summed E-state index contributed by atoms with van der Waals surface area (Å²) in [6.07, 6.45) is 1.14. The smallest absolute Gasteiger partial charge is 0.257 e. The molecular weight excluding hydrogens is 474 g/mol. The standard InChI is InChI=1S/C28H27N3O4S/c1-18-16-26(28(33)30-22-12-14-24(15-13-22)36(4,34)35)19(2)31(18)27-11-6-5-10-25(27)21-8-7-9-23(17-21)29-20(3)32/h5-17H,1-4H3,(H,29,32)(H,30,33). The van der Waals surface area contributed by atoms with Crippen LogP contribution in [0.2, 0.25) is 0 Å². The Balaban J connectivity index is 1.69. The van der Waals surface area contributed by atoms with E-state index in [0.29, 0.717) is 16.9 Å². The first-order valence-corrected chi connectivity index (χ1v) is 13.2. The first kappa shape index (κ1) is 24.9. The number of anilines is 2. The van der Waals surface area contributed by atoms with E-state index >= 15 is 0 Å². The zero-order valence-corrected chi connectivity index (χ0v) is 21.3. The fourth-order valence-corrected chi connectivity index (χ4v) is 4.86. The Hall–Kier alpha value is -4.17. The molecule has 2 N–H and O–H groups in total. The second-order valence-corrected chi connectivity index (χ2v) is 10.7. The van der Waals surface area contributed by atoms with Gasteiger partial charge in [-0.1, -0.05) is 30.3 Å². The highest BCUT2D eigenvalue weighted by Gasteiger charge is 2.19. The van der Waals surface area contributed by atoms with Crippen LogP contribution in [0.1, 0.15) is 28.7 Å². The molecule has 8 heteroatoms. The number of carbonyl (C=O) groups excluding carboxylic acids is 2. The van der Waals surface area contributed by atoms with E-state index in [-0.39, 0.29) is 16.7 Å². The van der Waals surface area contributed by atoms with E-state index in [0.717, 1.165) is 34.5 Å². The molecule has 1 heterocycles. The van der Waals surface area contributed by atoms with E-state index in [4.69, 9.17) is 0 Å². The van der Waals surface area contributed by atoms with Crippen molar-refractivity contribution < 1.29 is 18.0 Å². The first-order chi connectivity index (χ1) is 17.0. The van der Waals surface area contributed by atoms with Gasteiger partial charge in [0, 0.05) is 41.5 Å². The van der Waals surface area contributed by atoms with Gasteiger partial charge >= 0.3 is 0 Å². The molecule has 4 aromatic rings. The third kappa shape index (κ3) is 5.23.